The minimum atomic E-state index is 0.508. The van der Waals surface area contributed by atoms with Gasteiger partial charge >= 0.3 is 0 Å². The van der Waals surface area contributed by atoms with Crippen molar-refractivity contribution in [2.75, 3.05) is 7.11 Å². The Balaban J connectivity index is 2.76. The van der Waals surface area contributed by atoms with Gasteiger partial charge in [0.25, 0.3) is 0 Å². The van der Waals surface area contributed by atoms with Gasteiger partial charge in [0.2, 0.25) is 0 Å². The Bertz CT molecular complexity index is 164. The number of hydrogen-bond acceptors (Lipinski definition) is 1. The van der Waals surface area contributed by atoms with Crippen molar-refractivity contribution >= 4 is 0 Å². The molecule has 0 aliphatic heterocycles. The number of methoxy groups -OCH3 is 1. The van der Waals surface area contributed by atoms with E-state index in [1.165, 1.54) is 25.7 Å². The standard InChI is InChI=1S/C13H26O/c1-10(2)13(11(3)4)8-6-7-12(9-13)14-5/h10-12H,6-9H2,1-5H3. The molecule has 1 atom stereocenters. The van der Waals surface area contributed by atoms with Gasteiger partial charge in [0.15, 0.2) is 0 Å². The van der Waals surface area contributed by atoms with Crippen LogP contribution in [0, 0.1) is 17.3 Å². The maximum Gasteiger partial charge on any atom is 0.0576 e. The molecule has 1 aliphatic rings. The SMILES string of the molecule is COC1CCCC(C(C)C)(C(C)C)C1. The molecule has 0 aromatic rings. The summed E-state index contributed by atoms with van der Waals surface area (Å²) in [6.45, 7) is 9.49. The van der Waals surface area contributed by atoms with E-state index < -0.39 is 0 Å². The van der Waals surface area contributed by atoms with Gasteiger partial charge < -0.3 is 4.74 Å². The van der Waals surface area contributed by atoms with Crippen molar-refractivity contribution in [3.05, 3.63) is 0 Å². The van der Waals surface area contributed by atoms with Crippen molar-refractivity contribution in [1.82, 2.24) is 0 Å². The summed E-state index contributed by atoms with van der Waals surface area (Å²) in [4.78, 5) is 0. The van der Waals surface area contributed by atoms with Crippen molar-refractivity contribution in [2.45, 2.75) is 59.5 Å². The van der Waals surface area contributed by atoms with E-state index in [1.54, 1.807) is 0 Å². The van der Waals surface area contributed by atoms with Gasteiger partial charge in [-0.05, 0) is 36.5 Å². The molecule has 0 saturated heterocycles. The second kappa shape index (κ2) is 4.65. The first kappa shape index (κ1) is 12.0. The van der Waals surface area contributed by atoms with Crippen molar-refractivity contribution in [2.24, 2.45) is 17.3 Å². The molecule has 0 aromatic heterocycles. The Morgan fingerprint density at radius 3 is 2.14 bits per heavy atom. The Kier molecular flexibility index (Phi) is 4.00. The topological polar surface area (TPSA) is 9.23 Å². The summed E-state index contributed by atoms with van der Waals surface area (Å²) in [6, 6.07) is 0. The first-order chi connectivity index (χ1) is 6.53. The maximum absolute atomic E-state index is 5.55. The lowest BCUT2D eigenvalue weighted by atomic mass is 9.60. The van der Waals surface area contributed by atoms with Gasteiger partial charge in [-0.2, -0.15) is 0 Å². The molecular formula is C13H26O. The van der Waals surface area contributed by atoms with Gasteiger partial charge in [-0.25, -0.2) is 0 Å². The maximum atomic E-state index is 5.55. The first-order valence-electron chi connectivity index (χ1n) is 6.05. The third kappa shape index (κ3) is 2.13. The van der Waals surface area contributed by atoms with E-state index >= 15 is 0 Å². The lowest BCUT2D eigenvalue weighted by Crippen LogP contribution is -2.40. The van der Waals surface area contributed by atoms with Crippen LogP contribution < -0.4 is 0 Å². The van der Waals surface area contributed by atoms with E-state index in [0.29, 0.717) is 11.5 Å². The van der Waals surface area contributed by atoms with Gasteiger partial charge in [0, 0.05) is 7.11 Å². The summed E-state index contributed by atoms with van der Waals surface area (Å²) >= 11 is 0. The summed E-state index contributed by atoms with van der Waals surface area (Å²) in [6.07, 6.45) is 5.77. The molecule has 1 fully saturated rings. The average molecular weight is 198 g/mol. The minimum absolute atomic E-state index is 0.508. The quantitative estimate of drug-likeness (QED) is 0.669. The monoisotopic (exact) mass is 198 g/mol. The second-order valence-electron chi connectivity index (χ2n) is 5.50. The molecule has 14 heavy (non-hydrogen) atoms. The highest BCUT2D eigenvalue weighted by atomic mass is 16.5. The van der Waals surface area contributed by atoms with Crippen LogP contribution in [-0.2, 0) is 4.74 Å². The van der Waals surface area contributed by atoms with Crippen molar-refractivity contribution in [3.63, 3.8) is 0 Å². The Morgan fingerprint density at radius 1 is 1.14 bits per heavy atom. The largest absolute Gasteiger partial charge is 0.381 e. The molecule has 1 nitrogen and oxygen atoms in total. The normalized spacial score (nSPS) is 27.2. The van der Waals surface area contributed by atoms with E-state index in [2.05, 4.69) is 27.7 Å². The van der Waals surface area contributed by atoms with E-state index in [9.17, 15) is 0 Å². The second-order valence-corrected chi connectivity index (χ2v) is 5.50. The number of rotatable bonds is 3. The third-order valence-corrected chi connectivity index (χ3v) is 4.41. The summed E-state index contributed by atoms with van der Waals surface area (Å²) < 4.78 is 5.55. The van der Waals surface area contributed by atoms with Crippen molar-refractivity contribution in [3.8, 4) is 0 Å². The predicted molar refractivity (Wildman–Crippen MR) is 61.4 cm³/mol. The molecule has 0 aromatic carbocycles. The van der Waals surface area contributed by atoms with Gasteiger partial charge in [-0.1, -0.05) is 34.1 Å². The van der Waals surface area contributed by atoms with E-state index in [1.807, 2.05) is 7.11 Å². The minimum Gasteiger partial charge on any atom is -0.381 e. The zero-order chi connectivity index (χ0) is 10.8. The zero-order valence-electron chi connectivity index (χ0n) is 10.5. The van der Waals surface area contributed by atoms with Gasteiger partial charge in [-0.3, -0.25) is 0 Å². The smallest absolute Gasteiger partial charge is 0.0576 e. The van der Waals surface area contributed by atoms with Crippen LogP contribution in [0.5, 0.6) is 0 Å². The molecule has 0 bridgehead atoms. The first-order valence-corrected chi connectivity index (χ1v) is 6.05. The lowest BCUT2D eigenvalue weighted by molar-refractivity contribution is -0.0345. The molecule has 0 N–H and O–H groups in total. The highest BCUT2D eigenvalue weighted by Crippen LogP contribution is 2.48. The molecule has 0 heterocycles. The molecular weight excluding hydrogens is 172 g/mol. The van der Waals surface area contributed by atoms with Crippen LogP contribution in [0.15, 0.2) is 0 Å². The molecule has 1 unspecified atom stereocenters. The number of ether oxygens (including phenoxy) is 1. The molecule has 0 spiro atoms. The van der Waals surface area contributed by atoms with Crippen LogP contribution in [-0.4, -0.2) is 13.2 Å². The zero-order valence-corrected chi connectivity index (χ0v) is 10.5. The highest BCUT2D eigenvalue weighted by Gasteiger charge is 2.41. The van der Waals surface area contributed by atoms with Gasteiger partial charge in [0.05, 0.1) is 6.10 Å². The molecule has 0 radical (unpaired) electrons. The van der Waals surface area contributed by atoms with E-state index in [0.717, 1.165) is 11.8 Å². The molecule has 1 rings (SSSR count). The van der Waals surface area contributed by atoms with Crippen LogP contribution in [0.2, 0.25) is 0 Å². The fourth-order valence-corrected chi connectivity index (χ4v) is 3.20. The fourth-order valence-electron chi connectivity index (χ4n) is 3.20. The molecule has 84 valence electrons. The van der Waals surface area contributed by atoms with Crippen LogP contribution in [0.3, 0.4) is 0 Å². The molecule has 0 amide bonds. The fraction of sp³-hybridized carbons (Fsp3) is 1.00. The Hall–Kier alpha value is -0.0400. The third-order valence-electron chi connectivity index (χ3n) is 4.41. The summed E-state index contributed by atoms with van der Waals surface area (Å²) in [5, 5.41) is 0. The van der Waals surface area contributed by atoms with E-state index in [-0.39, 0.29) is 0 Å². The highest BCUT2D eigenvalue weighted by molar-refractivity contribution is 4.91. The van der Waals surface area contributed by atoms with Gasteiger partial charge in [0.1, 0.15) is 0 Å². The van der Waals surface area contributed by atoms with Crippen LogP contribution in [0.4, 0.5) is 0 Å². The average Bonchev–Trinajstić information content (AvgIpc) is 2.17. The molecule has 1 aliphatic carbocycles. The van der Waals surface area contributed by atoms with Crippen molar-refractivity contribution < 1.29 is 4.74 Å². The summed E-state index contributed by atoms with van der Waals surface area (Å²) in [5.74, 6) is 1.56. The van der Waals surface area contributed by atoms with Crippen LogP contribution >= 0.6 is 0 Å². The van der Waals surface area contributed by atoms with Crippen molar-refractivity contribution in [1.29, 1.82) is 0 Å². The van der Waals surface area contributed by atoms with Crippen LogP contribution in [0.1, 0.15) is 53.4 Å². The Morgan fingerprint density at radius 2 is 1.71 bits per heavy atom. The van der Waals surface area contributed by atoms with Gasteiger partial charge in [-0.15, -0.1) is 0 Å². The Labute approximate surface area is 89.2 Å². The summed E-state index contributed by atoms with van der Waals surface area (Å²) in [5.41, 5.74) is 0.527. The number of hydrogen-bond donors (Lipinski definition) is 0. The molecule has 1 saturated carbocycles. The lowest BCUT2D eigenvalue weighted by Gasteiger charge is -2.47. The molecule has 1 heteroatoms. The van der Waals surface area contributed by atoms with Crippen LogP contribution in [0.25, 0.3) is 0 Å². The summed E-state index contributed by atoms with van der Waals surface area (Å²) in [7, 11) is 1.86. The van der Waals surface area contributed by atoms with E-state index in [4.69, 9.17) is 4.74 Å². The predicted octanol–water partition coefficient (Wildman–Crippen LogP) is 3.87.